The largest absolute Gasteiger partial charge is 0.460 e. The molecule has 0 aromatic rings. The zero-order chi connectivity index (χ0) is 11.4. The van der Waals surface area contributed by atoms with Crippen LogP contribution in [0.5, 0.6) is 0 Å². The quantitative estimate of drug-likeness (QED) is 0.574. The summed E-state index contributed by atoms with van der Waals surface area (Å²) in [6.45, 7) is 9.69. The van der Waals surface area contributed by atoms with E-state index in [1.807, 2.05) is 27.7 Å². The van der Waals surface area contributed by atoms with Crippen LogP contribution in [0.25, 0.3) is 0 Å². The molecule has 2 atom stereocenters. The summed E-state index contributed by atoms with van der Waals surface area (Å²) in [7, 11) is 0. The van der Waals surface area contributed by atoms with E-state index in [0.717, 1.165) is 12.8 Å². The van der Waals surface area contributed by atoms with Gasteiger partial charge >= 0.3 is 5.97 Å². The second-order valence-corrected chi connectivity index (χ2v) is 6.36. The first kappa shape index (κ1) is 13.9. The molecule has 0 aliphatic heterocycles. The van der Waals surface area contributed by atoms with E-state index in [-0.39, 0.29) is 17.5 Å². The Kier molecular flexibility index (Phi) is 5.72. The van der Waals surface area contributed by atoms with Gasteiger partial charge in [0.1, 0.15) is 5.60 Å². The molecule has 0 rings (SSSR count). The summed E-state index contributed by atoms with van der Waals surface area (Å²) in [5.41, 5.74) is -0.370. The minimum atomic E-state index is -0.370. The number of rotatable bonds is 4. The Labute approximate surface area is 95.5 Å². The first-order valence-corrected chi connectivity index (χ1v) is 6.01. The van der Waals surface area contributed by atoms with Crippen molar-refractivity contribution in [2.75, 3.05) is 0 Å². The highest BCUT2D eigenvalue weighted by molar-refractivity contribution is 9.09. The van der Waals surface area contributed by atoms with Crippen LogP contribution in [0.3, 0.4) is 0 Å². The second-order valence-electron chi connectivity index (χ2n) is 4.79. The number of hydrogen-bond donors (Lipinski definition) is 0. The van der Waals surface area contributed by atoms with Crippen molar-refractivity contribution >= 4 is 21.9 Å². The van der Waals surface area contributed by atoms with Crippen LogP contribution in [0, 0.1) is 5.92 Å². The maximum Gasteiger partial charge on any atom is 0.309 e. The Hall–Kier alpha value is -0.0500. The van der Waals surface area contributed by atoms with E-state index in [0.29, 0.717) is 4.83 Å². The third kappa shape index (κ3) is 7.36. The number of ether oxygens (including phenoxy) is 1. The summed E-state index contributed by atoms with van der Waals surface area (Å²) in [6, 6.07) is 0. The zero-order valence-electron chi connectivity index (χ0n) is 9.76. The number of alkyl halides is 1. The SMILES string of the molecule is C[C@H](Br)CC[C@@H](C)C(=O)OC(C)(C)C. The molecule has 0 saturated carbocycles. The second kappa shape index (κ2) is 5.74. The standard InChI is InChI=1S/C11H21BrO2/c1-8(6-7-9(2)12)10(13)14-11(3,4)5/h8-9H,6-7H2,1-5H3/t8-,9+/m1/s1. The molecular formula is C11H21BrO2. The van der Waals surface area contributed by atoms with Gasteiger partial charge in [0.2, 0.25) is 0 Å². The van der Waals surface area contributed by atoms with Crippen molar-refractivity contribution < 1.29 is 9.53 Å². The van der Waals surface area contributed by atoms with Gasteiger partial charge in [0.15, 0.2) is 0 Å². The number of esters is 1. The molecule has 0 radical (unpaired) electrons. The predicted molar refractivity (Wildman–Crippen MR) is 62.6 cm³/mol. The van der Waals surface area contributed by atoms with Gasteiger partial charge in [0, 0.05) is 4.83 Å². The smallest absolute Gasteiger partial charge is 0.309 e. The summed E-state index contributed by atoms with van der Waals surface area (Å²) in [5.74, 6) is -0.0973. The molecule has 3 heteroatoms. The van der Waals surface area contributed by atoms with Gasteiger partial charge in [-0.3, -0.25) is 4.79 Å². The van der Waals surface area contributed by atoms with Gasteiger partial charge in [-0.25, -0.2) is 0 Å². The topological polar surface area (TPSA) is 26.3 Å². The van der Waals surface area contributed by atoms with E-state index in [1.165, 1.54) is 0 Å². The molecule has 0 saturated heterocycles. The minimum Gasteiger partial charge on any atom is -0.460 e. The lowest BCUT2D eigenvalue weighted by Crippen LogP contribution is -2.27. The van der Waals surface area contributed by atoms with Crippen molar-refractivity contribution in [3.05, 3.63) is 0 Å². The van der Waals surface area contributed by atoms with Gasteiger partial charge in [-0.15, -0.1) is 0 Å². The van der Waals surface area contributed by atoms with Gasteiger partial charge in [-0.1, -0.05) is 29.8 Å². The third-order valence-electron chi connectivity index (χ3n) is 1.81. The van der Waals surface area contributed by atoms with Crippen LogP contribution in [-0.4, -0.2) is 16.4 Å². The van der Waals surface area contributed by atoms with Gasteiger partial charge in [-0.05, 0) is 33.6 Å². The van der Waals surface area contributed by atoms with Gasteiger partial charge in [0.25, 0.3) is 0 Å². The monoisotopic (exact) mass is 264 g/mol. The van der Waals surface area contributed by atoms with Gasteiger partial charge in [0.05, 0.1) is 5.92 Å². The van der Waals surface area contributed by atoms with Crippen LogP contribution in [0.4, 0.5) is 0 Å². The van der Waals surface area contributed by atoms with Crippen molar-refractivity contribution in [1.29, 1.82) is 0 Å². The lowest BCUT2D eigenvalue weighted by atomic mass is 10.0. The number of carbonyl (C=O) groups is 1. The summed E-state index contributed by atoms with van der Waals surface area (Å²) in [6.07, 6.45) is 1.88. The Bertz CT molecular complexity index is 182. The molecule has 0 N–H and O–H groups in total. The zero-order valence-corrected chi connectivity index (χ0v) is 11.3. The molecule has 0 aromatic carbocycles. The van der Waals surface area contributed by atoms with Crippen molar-refractivity contribution in [2.24, 2.45) is 5.92 Å². The van der Waals surface area contributed by atoms with Gasteiger partial charge in [-0.2, -0.15) is 0 Å². The molecule has 0 aromatic heterocycles. The number of carbonyl (C=O) groups excluding carboxylic acids is 1. The molecule has 0 spiro atoms. The van der Waals surface area contributed by atoms with E-state index >= 15 is 0 Å². The van der Waals surface area contributed by atoms with E-state index in [4.69, 9.17) is 4.74 Å². The summed E-state index contributed by atoms with van der Waals surface area (Å²) < 4.78 is 5.28. The normalized spacial score (nSPS) is 16.1. The molecule has 84 valence electrons. The highest BCUT2D eigenvalue weighted by Crippen LogP contribution is 2.17. The lowest BCUT2D eigenvalue weighted by Gasteiger charge is -2.22. The van der Waals surface area contributed by atoms with Crippen LogP contribution in [0.2, 0.25) is 0 Å². The van der Waals surface area contributed by atoms with E-state index in [2.05, 4.69) is 22.9 Å². The maximum absolute atomic E-state index is 11.5. The molecule has 0 bridgehead atoms. The summed E-state index contributed by atoms with van der Waals surface area (Å²) >= 11 is 3.46. The molecule has 2 nitrogen and oxygen atoms in total. The average Bonchev–Trinajstić information content (AvgIpc) is 1.96. The molecule has 0 amide bonds. The Morgan fingerprint density at radius 2 is 1.79 bits per heavy atom. The number of hydrogen-bond acceptors (Lipinski definition) is 2. The lowest BCUT2D eigenvalue weighted by molar-refractivity contribution is -0.159. The van der Waals surface area contributed by atoms with Crippen LogP contribution >= 0.6 is 15.9 Å². The molecule has 0 heterocycles. The van der Waals surface area contributed by atoms with Crippen LogP contribution in [0.15, 0.2) is 0 Å². The molecule has 0 unspecified atom stereocenters. The fourth-order valence-corrected chi connectivity index (χ4v) is 1.26. The molecule has 0 aliphatic carbocycles. The highest BCUT2D eigenvalue weighted by atomic mass is 79.9. The van der Waals surface area contributed by atoms with Crippen molar-refractivity contribution in [2.45, 2.75) is 57.9 Å². The van der Waals surface area contributed by atoms with Gasteiger partial charge < -0.3 is 4.74 Å². The Morgan fingerprint density at radius 3 is 2.14 bits per heavy atom. The van der Waals surface area contributed by atoms with E-state index in [9.17, 15) is 4.79 Å². The third-order valence-corrected chi connectivity index (χ3v) is 2.26. The predicted octanol–water partition coefficient (Wildman–Crippen LogP) is 3.53. The van der Waals surface area contributed by atoms with Crippen molar-refractivity contribution in [3.63, 3.8) is 0 Å². The fraction of sp³-hybridized carbons (Fsp3) is 0.909. The van der Waals surface area contributed by atoms with E-state index in [1.54, 1.807) is 0 Å². The molecule has 0 aliphatic rings. The summed E-state index contributed by atoms with van der Waals surface area (Å²) in [5, 5.41) is 0. The fourth-order valence-electron chi connectivity index (χ4n) is 1.000. The molecular weight excluding hydrogens is 244 g/mol. The van der Waals surface area contributed by atoms with Crippen LogP contribution < -0.4 is 0 Å². The average molecular weight is 265 g/mol. The Balaban J connectivity index is 3.88. The first-order valence-electron chi connectivity index (χ1n) is 5.09. The Morgan fingerprint density at radius 1 is 1.29 bits per heavy atom. The highest BCUT2D eigenvalue weighted by Gasteiger charge is 2.21. The molecule has 0 fully saturated rings. The van der Waals surface area contributed by atoms with Crippen molar-refractivity contribution in [1.82, 2.24) is 0 Å². The molecule has 14 heavy (non-hydrogen) atoms. The van der Waals surface area contributed by atoms with Crippen LogP contribution in [-0.2, 0) is 9.53 Å². The van der Waals surface area contributed by atoms with Crippen LogP contribution in [0.1, 0.15) is 47.5 Å². The first-order chi connectivity index (χ1) is 6.22. The number of halogens is 1. The maximum atomic E-state index is 11.5. The summed E-state index contributed by atoms with van der Waals surface area (Å²) in [4.78, 5) is 12.0. The van der Waals surface area contributed by atoms with Crippen molar-refractivity contribution in [3.8, 4) is 0 Å². The minimum absolute atomic E-state index is 0.00535. The van der Waals surface area contributed by atoms with E-state index < -0.39 is 0 Å².